The molecule has 0 atom stereocenters. The summed E-state index contributed by atoms with van der Waals surface area (Å²) in [7, 11) is 0. The monoisotopic (exact) mass is 373 g/mol. The maximum Gasteiger partial charge on any atom is 0.329 e. The fourth-order valence-corrected chi connectivity index (χ4v) is 3.75. The lowest BCUT2D eigenvalue weighted by Gasteiger charge is -2.09. The molecule has 0 radical (unpaired) electrons. The zero-order chi connectivity index (χ0) is 19.7. The van der Waals surface area contributed by atoms with E-state index in [1.54, 1.807) is 0 Å². The lowest BCUT2D eigenvalue weighted by molar-refractivity contribution is -0.122. The smallest absolute Gasteiger partial charge is 0.329 e. The van der Waals surface area contributed by atoms with Gasteiger partial charge in [0.2, 0.25) is 0 Å². The minimum absolute atomic E-state index is 0.258. The van der Waals surface area contributed by atoms with E-state index in [-0.39, 0.29) is 11.9 Å². The van der Waals surface area contributed by atoms with Crippen molar-refractivity contribution >= 4 is 28.9 Å². The molecule has 1 N–H and O–H groups in total. The van der Waals surface area contributed by atoms with E-state index in [9.17, 15) is 9.59 Å². The summed E-state index contributed by atoms with van der Waals surface area (Å²) < 4.78 is 2.25. The average molecular weight is 373 g/mol. The summed E-state index contributed by atoms with van der Waals surface area (Å²) in [6.45, 7) is 5.18. The number of nitrogens with zero attached hydrogens (tertiary/aromatic N) is 2. The van der Waals surface area contributed by atoms with E-state index in [2.05, 4.69) is 41.1 Å². The maximum absolute atomic E-state index is 12.6. The third-order valence-electron chi connectivity index (χ3n) is 5.16. The zero-order valence-corrected chi connectivity index (χ0v) is 16.1. The first kappa shape index (κ1) is 18.0. The molecule has 2 heterocycles. The molecule has 5 nitrogen and oxygen atoms in total. The van der Waals surface area contributed by atoms with Gasteiger partial charge in [-0.25, -0.2) is 4.79 Å². The Labute approximate surface area is 164 Å². The molecular formula is C23H23N3O2. The average Bonchev–Trinajstić information content (AvgIpc) is 3.12. The first-order valence-corrected chi connectivity index (χ1v) is 9.56. The molecule has 0 aliphatic carbocycles. The van der Waals surface area contributed by atoms with Crippen LogP contribution in [-0.2, 0) is 11.3 Å². The molecule has 1 aromatic heterocycles. The van der Waals surface area contributed by atoms with Gasteiger partial charge in [-0.3, -0.25) is 9.69 Å². The molecular weight excluding hydrogens is 350 g/mol. The van der Waals surface area contributed by atoms with E-state index in [4.69, 9.17) is 0 Å². The van der Waals surface area contributed by atoms with Crippen LogP contribution >= 0.6 is 0 Å². The van der Waals surface area contributed by atoms with Crippen LogP contribution in [-0.4, -0.2) is 28.0 Å². The van der Waals surface area contributed by atoms with Crippen LogP contribution in [0.5, 0.6) is 0 Å². The van der Waals surface area contributed by atoms with Gasteiger partial charge in [0.15, 0.2) is 0 Å². The second kappa shape index (κ2) is 7.35. The Morgan fingerprint density at radius 1 is 1.00 bits per heavy atom. The molecule has 28 heavy (non-hydrogen) atoms. The van der Waals surface area contributed by atoms with Gasteiger partial charge in [-0.15, -0.1) is 0 Å². The van der Waals surface area contributed by atoms with E-state index in [1.807, 2.05) is 43.3 Å². The SMILES string of the molecule is CCCN1C(=O)N/C(=C/c2c(C)n(Cc3ccccc3)c3ccccc23)C1=O. The minimum atomic E-state index is -0.344. The molecule has 2 aromatic carbocycles. The van der Waals surface area contributed by atoms with Gasteiger partial charge in [-0.2, -0.15) is 0 Å². The summed E-state index contributed by atoms with van der Waals surface area (Å²) in [5.41, 5.74) is 4.69. The Hall–Kier alpha value is -3.34. The first-order chi connectivity index (χ1) is 13.6. The number of carbonyl (C=O) groups excluding carboxylic acids is 2. The fourth-order valence-electron chi connectivity index (χ4n) is 3.75. The van der Waals surface area contributed by atoms with Crippen LogP contribution < -0.4 is 5.32 Å². The second-order valence-corrected chi connectivity index (χ2v) is 7.03. The van der Waals surface area contributed by atoms with Gasteiger partial charge >= 0.3 is 6.03 Å². The molecule has 142 valence electrons. The molecule has 1 aliphatic rings. The number of rotatable bonds is 5. The number of amides is 3. The summed E-state index contributed by atoms with van der Waals surface area (Å²) in [6.07, 6.45) is 2.55. The van der Waals surface area contributed by atoms with E-state index in [1.165, 1.54) is 10.5 Å². The molecule has 0 spiro atoms. The highest BCUT2D eigenvalue weighted by molar-refractivity contribution is 6.14. The molecule has 1 fully saturated rings. The summed E-state index contributed by atoms with van der Waals surface area (Å²) in [6, 6.07) is 18.1. The molecule has 1 saturated heterocycles. The highest BCUT2D eigenvalue weighted by Crippen LogP contribution is 2.29. The van der Waals surface area contributed by atoms with Gasteiger partial charge in [0, 0.05) is 35.2 Å². The van der Waals surface area contributed by atoms with Gasteiger partial charge in [-0.1, -0.05) is 55.5 Å². The van der Waals surface area contributed by atoms with Crippen LogP contribution in [0.4, 0.5) is 4.79 Å². The number of carbonyl (C=O) groups is 2. The highest BCUT2D eigenvalue weighted by atomic mass is 16.2. The van der Waals surface area contributed by atoms with Crippen molar-refractivity contribution in [3.63, 3.8) is 0 Å². The molecule has 0 saturated carbocycles. The van der Waals surface area contributed by atoms with Crippen molar-refractivity contribution in [2.75, 3.05) is 6.54 Å². The Balaban J connectivity index is 1.79. The quantitative estimate of drug-likeness (QED) is 0.535. The number of nitrogens with one attached hydrogen (secondary N) is 1. The number of para-hydroxylation sites is 1. The van der Waals surface area contributed by atoms with Gasteiger partial charge in [0.25, 0.3) is 5.91 Å². The summed E-state index contributed by atoms with van der Waals surface area (Å²) in [5.74, 6) is -0.258. The zero-order valence-electron chi connectivity index (χ0n) is 16.1. The normalized spacial score (nSPS) is 15.6. The third kappa shape index (κ3) is 3.09. The van der Waals surface area contributed by atoms with Crippen molar-refractivity contribution in [1.82, 2.24) is 14.8 Å². The topological polar surface area (TPSA) is 54.3 Å². The Kier molecular flexibility index (Phi) is 4.74. The third-order valence-corrected chi connectivity index (χ3v) is 5.16. The fraction of sp³-hybridized carbons (Fsp3) is 0.217. The summed E-state index contributed by atoms with van der Waals surface area (Å²) in [4.78, 5) is 26.0. The van der Waals surface area contributed by atoms with Crippen LogP contribution in [0.1, 0.15) is 30.2 Å². The predicted molar refractivity (Wildman–Crippen MR) is 111 cm³/mol. The molecule has 1 aliphatic heterocycles. The lowest BCUT2D eigenvalue weighted by atomic mass is 10.1. The summed E-state index contributed by atoms with van der Waals surface area (Å²) >= 11 is 0. The Morgan fingerprint density at radius 3 is 2.46 bits per heavy atom. The number of benzene rings is 2. The van der Waals surface area contributed by atoms with Gasteiger partial charge < -0.3 is 9.88 Å². The second-order valence-electron chi connectivity index (χ2n) is 7.03. The minimum Gasteiger partial charge on any atom is -0.340 e. The van der Waals surface area contributed by atoms with Crippen LogP contribution in [0.15, 0.2) is 60.3 Å². The van der Waals surface area contributed by atoms with Crippen molar-refractivity contribution in [2.45, 2.75) is 26.8 Å². The van der Waals surface area contributed by atoms with Gasteiger partial charge in [0.1, 0.15) is 5.70 Å². The maximum atomic E-state index is 12.6. The number of hydrogen-bond acceptors (Lipinski definition) is 2. The van der Waals surface area contributed by atoms with Crippen LogP contribution in [0.25, 0.3) is 17.0 Å². The van der Waals surface area contributed by atoms with E-state index >= 15 is 0 Å². The van der Waals surface area contributed by atoms with E-state index in [0.717, 1.165) is 35.1 Å². The molecule has 3 aromatic rings. The molecule has 0 bridgehead atoms. The number of urea groups is 1. The number of hydrogen-bond donors (Lipinski definition) is 1. The standard InChI is InChI=1S/C23H23N3O2/c1-3-13-25-22(27)20(24-23(25)28)14-19-16(2)26(15-17-9-5-4-6-10-17)21-12-8-7-11-18(19)21/h4-12,14H,3,13,15H2,1-2H3,(H,24,28)/b20-14+. The molecule has 0 unspecified atom stereocenters. The largest absolute Gasteiger partial charge is 0.340 e. The van der Waals surface area contributed by atoms with Crippen molar-refractivity contribution in [1.29, 1.82) is 0 Å². The van der Waals surface area contributed by atoms with Crippen LogP contribution in [0, 0.1) is 6.92 Å². The van der Waals surface area contributed by atoms with Gasteiger partial charge in [0.05, 0.1) is 0 Å². The van der Waals surface area contributed by atoms with Crippen LogP contribution in [0.3, 0.4) is 0 Å². The van der Waals surface area contributed by atoms with Gasteiger partial charge in [-0.05, 0) is 31.1 Å². The number of aromatic nitrogens is 1. The van der Waals surface area contributed by atoms with Crippen molar-refractivity contribution in [3.05, 3.63) is 77.1 Å². The van der Waals surface area contributed by atoms with Crippen molar-refractivity contribution in [2.24, 2.45) is 0 Å². The lowest BCUT2D eigenvalue weighted by Crippen LogP contribution is -2.31. The predicted octanol–water partition coefficient (Wildman–Crippen LogP) is 4.30. The highest BCUT2D eigenvalue weighted by Gasteiger charge is 2.33. The van der Waals surface area contributed by atoms with Crippen molar-refractivity contribution < 1.29 is 9.59 Å². The molecule has 4 rings (SSSR count). The first-order valence-electron chi connectivity index (χ1n) is 9.56. The number of imide groups is 1. The molecule has 5 heteroatoms. The Bertz CT molecular complexity index is 1080. The van der Waals surface area contributed by atoms with E-state index in [0.29, 0.717) is 12.2 Å². The van der Waals surface area contributed by atoms with E-state index < -0.39 is 0 Å². The summed E-state index contributed by atoms with van der Waals surface area (Å²) in [5, 5.41) is 3.80. The number of fused-ring (bicyclic) bond motifs is 1. The molecule has 3 amide bonds. The Morgan fingerprint density at radius 2 is 1.71 bits per heavy atom. The van der Waals surface area contributed by atoms with Crippen molar-refractivity contribution in [3.8, 4) is 0 Å². The van der Waals surface area contributed by atoms with Crippen LogP contribution in [0.2, 0.25) is 0 Å².